The number of thiophene rings is 1. The molecule has 1 aromatic carbocycles. The highest BCUT2D eigenvalue weighted by Gasteiger charge is 2.22. The fraction of sp³-hybridized carbons (Fsp3) is 0.375. The molecular formula is C16H20N2OS. The van der Waals surface area contributed by atoms with Gasteiger partial charge in [-0.3, -0.25) is 5.84 Å². The number of hydrazine groups is 1. The van der Waals surface area contributed by atoms with Crippen molar-refractivity contribution in [3.05, 3.63) is 51.2 Å². The number of hydrogen-bond donors (Lipinski definition) is 2. The Morgan fingerprint density at radius 2 is 2.25 bits per heavy atom. The molecule has 0 saturated heterocycles. The number of hydrogen-bond acceptors (Lipinski definition) is 4. The molecule has 0 amide bonds. The molecule has 0 bridgehead atoms. The third kappa shape index (κ3) is 2.46. The molecule has 0 radical (unpaired) electrons. The zero-order chi connectivity index (χ0) is 13.9. The van der Waals surface area contributed by atoms with Gasteiger partial charge in [0.05, 0.1) is 12.6 Å². The first-order valence-corrected chi connectivity index (χ1v) is 7.94. The SMILES string of the molecule is CCc1ccc(C(NN)c2cccc3c2OCCC3)s1. The van der Waals surface area contributed by atoms with E-state index in [0.29, 0.717) is 0 Å². The Labute approximate surface area is 123 Å². The summed E-state index contributed by atoms with van der Waals surface area (Å²) >= 11 is 1.81. The minimum atomic E-state index is 0.00773. The number of nitrogens with one attached hydrogen (secondary N) is 1. The first kappa shape index (κ1) is 13.6. The average Bonchev–Trinajstić information content (AvgIpc) is 2.97. The smallest absolute Gasteiger partial charge is 0.127 e. The van der Waals surface area contributed by atoms with Crippen LogP contribution in [-0.4, -0.2) is 6.61 Å². The molecule has 1 aliphatic heterocycles. The van der Waals surface area contributed by atoms with Crippen LogP contribution in [0.4, 0.5) is 0 Å². The molecule has 1 unspecified atom stereocenters. The van der Waals surface area contributed by atoms with Crippen LogP contribution in [0.2, 0.25) is 0 Å². The summed E-state index contributed by atoms with van der Waals surface area (Å²) in [5.74, 6) is 6.84. The van der Waals surface area contributed by atoms with E-state index in [9.17, 15) is 0 Å². The van der Waals surface area contributed by atoms with Gasteiger partial charge in [0.25, 0.3) is 0 Å². The van der Waals surface area contributed by atoms with Gasteiger partial charge in [-0.05, 0) is 37.0 Å². The summed E-state index contributed by atoms with van der Waals surface area (Å²) in [6, 6.07) is 10.7. The summed E-state index contributed by atoms with van der Waals surface area (Å²) < 4.78 is 5.90. The van der Waals surface area contributed by atoms with Gasteiger partial charge in [-0.15, -0.1) is 11.3 Å². The van der Waals surface area contributed by atoms with Gasteiger partial charge in [-0.1, -0.05) is 25.1 Å². The number of benzene rings is 1. The number of nitrogens with two attached hydrogens (primary N) is 1. The monoisotopic (exact) mass is 288 g/mol. The topological polar surface area (TPSA) is 47.3 Å². The van der Waals surface area contributed by atoms with Crippen molar-refractivity contribution in [1.29, 1.82) is 0 Å². The summed E-state index contributed by atoms with van der Waals surface area (Å²) in [4.78, 5) is 2.62. The number of para-hydroxylation sites is 1. The maximum Gasteiger partial charge on any atom is 0.127 e. The normalized spacial score (nSPS) is 15.5. The van der Waals surface area contributed by atoms with E-state index in [4.69, 9.17) is 10.6 Å². The summed E-state index contributed by atoms with van der Waals surface area (Å²) in [7, 11) is 0. The Balaban J connectivity index is 2.01. The van der Waals surface area contributed by atoms with Crippen molar-refractivity contribution in [2.75, 3.05) is 6.61 Å². The Hall–Kier alpha value is -1.36. The number of fused-ring (bicyclic) bond motifs is 1. The second kappa shape index (κ2) is 5.95. The van der Waals surface area contributed by atoms with Gasteiger partial charge in [0.15, 0.2) is 0 Å². The second-order valence-corrected chi connectivity index (χ2v) is 6.24. The molecule has 1 aromatic heterocycles. The molecule has 0 saturated carbocycles. The highest BCUT2D eigenvalue weighted by Crippen LogP contribution is 2.37. The maximum atomic E-state index is 5.90. The van der Waals surface area contributed by atoms with Crippen molar-refractivity contribution < 1.29 is 4.74 Å². The van der Waals surface area contributed by atoms with Crippen LogP contribution in [0.15, 0.2) is 30.3 Å². The van der Waals surface area contributed by atoms with Crippen LogP contribution in [0, 0.1) is 0 Å². The van der Waals surface area contributed by atoms with Crippen molar-refractivity contribution in [2.45, 2.75) is 32.2 Å². The van der Waals surface area contributed by atoms with Gasteiger partial charge >= 0.3 is 0 Å². The van der Waals surface area contributed by atoms with E-state index in [1.54, 1.807) is 0 Å². The van der Waals surface area contributed by atoms with Gasteiger partial charge in [0, 0.05) is 15.3 Å². The largest absolute Gasteiger partial charge is 0.493 e. The summed E-state index contributed by atoms with van der Waals surface area (Å²) in [5.41, 5.74) is 5.39. The van der Waals surface area contributed by atoms with E-state index >= 15 is 0 Å². The van der Waals surface area contributed by atoms with Crippen LogP contribution < -0.4 is 16.0 Å². The summed E-state index contributed by atoms with van der Waals surface area (Å²) in [6.07, 6.45) is 3.24. The summed E-state index contributed by atoms with van der Waals surface area (Å²) in [5, 5.41) is 0. The Morgan fingerprint density at radius 1 is 1.35 bits per heavy atom. The van der Waals surface area contributed by atoms with Crippen molar-refractivity contribution in [3.63, 3.8) is 0 Å². The van der Waals surface area contributed by atoms with E-state index in [0.717, 1.165) is 37.2 Å². The Bertz CT molecular complexity index is 594. The molecule has 3 rings (SSSR count). The average molecular weight is 288 g/mol. The molecule has 2 aromatic rings. The molecule has 3 nitrogen and oxygen atoms in total. The van der Waals surface area contributed by atoms with Gasteiger partial charge in [-0.25, -0.2) is 5.43 Å². The predicted molar refractivity (Wildman–Crippen MR) is 83.1 cm³/mol. The van der Waals surface area contributed by atoms with Crippen LogP contribution in [0.25, 0.3) is 0 Å². The highest BCUT2D eigenvalue weighted by atomic mass is 32.1. The molecule has 2 heterocycles. The second-order valence-electron chi connectivity index (χ2n) is 5.04. The first-order chi connectivity index (χ1) is 9.83. The number of ether oxygens (including phenoxy) is 1. The van der Waals surface area contributed by atoms with E-state index < -0.39 is 0 Å². The molecule has 0 spiro atoms. The molecule has 0 aliphatic carbocycles. The van der Waals surface area contributed by atoms with Crippen molar-refractivity contribution in [2.24, 2.45) is 5.84 Å². The van der Waals surface area contributed by atoms with Crippen molar-refractivity contribution >= 4 is 11.3 Å². The Kier molecular flexibility index (Phi) is 4.05. The lowest BCUT2D eigenvalue weighted by Gasteiger charge is -2.24. The van der Waals surface area contributed by atoms with Crippen LogP contribution in [0.3, 0.4) is 0 Å². The molecule has 4 heteroatoms. The van der Waals surface area contributed by atoms with Gasteiger partial charge in [0.2, 0.25) is 0 Å². The van der Waals surface area contributed by atoms with Crippen LogP contribution in [0.1, 0.15) is 40.3 Å². The quantitative estimate of drug-likeness (QED) is 0.671. The summed E-state index contributed by atoms with van der Waals surface area (Å²) in [6.45, 7) is 2.97. The lowest BCUT2D eigenvalue weighted by Crippen LogP contribution is -2.29. The molecule has 3 N–H and O–H groups in total. The standard InChI is InChI=1S/C16H20N2OS/c1-2-12-8-9-14(20-12)15(18-17)13-7-3-5-11-6-4-10-19-16(11)13/h3,5,7-9,15,18H,2,4,6,10,17H2,1H3. The third-order valence-electron chi connectivity index (χ3n) is 3.76. The molecule has 1 aliphatic rings. The van der Waals surface area contributed by atoms with Gasteiger partial charge < -0.3 is 4.74 Å². The Morgan fingerprint density at radius 3 is 3.00 bits per heavy atom. The maximum absolute atomic E-state index is 5.90. The van der Waals surface area contributed by atoms with Crippen molar-refractivity contribution in [1.82, 2.24) is 5.43 Å². The highest BCUT2D eigenvalue weighted by molar-refractivity contribution is 7.12. The van der Waals surface area contributed by atoms with Crippen LogP contribution >= 0.6 is 11.3 Å². The molecule has 106 valence electrons. The fourth-order valence-corrected chi connectivity index (χ4v) is 3.74. The van der Waals surface area contributed by atoms with Crippen molar-refractivity contribution in [3.8, 4) is 5.75 Å². The van der Waals surface area contributed by atoms with E-state index in [1.807, 2.05) is 11.3 Å². The number of aryl methyl sites for hydroxylation is 2. The van der Waals surface area contributed by atoms with Gasteiger partial charge in [0.1, 0.15) is 5.75 Å². The zero-order valence-electron chi connectivity index (χ0n) is 11.7. The predicted octanol–water partition coefficient (Wildman–Crippen LogP) is 3.19. The van der Waals surface area contributed by atoms with E-state index in [-0.39, 0.29) is 6.04 Å². The minimum absolute atomic E-state index is 0.00773. The van der Waals surface area contributed by atoms with Gasteiger partial charge in [-0.2, -0.15) is 0 Å². The fourth-order valence-electron chi connectivity index (χ4n) is 2.71. The molecule has 0 fully saturated rings. The van der Waals surface area contributed by atoms with Crippen LogP contribution in [0.5, 0.6) is 5.75 Å². The number of rotatable bonds is 4. The lowest BCUT2D eigenvalue weighted by molar-refractivity contribution is 0.283. The minimum Gasteiger partial charge on any atom is -0.493 e. The van der Waals surface area contributed by atoms with E-state index in [2.05, 4.69) is 42.7 Å². The van der Waals surface area contributed by atoms with E-state index in [1.165, 1.54) is 15.3 Å². The van der Waals surface area contributed by atoms with Crippen LogP contribution in [-0.2, 0) is 12.8 Å². The molecule has 20 heavy (non-hydrogen) atoms. The lowest BCUT2D eigenvalue weighted by atomic mass is 9.97. The molecular weight excluding hydrogens is 268 g/mol. The first-order valence-electron chi connectivity index (χ1n) is 7.12. The molecule has 1 atom stereocenters. The zero-order valence-corrected chi connectivity index (χ0v) is 12.5. The third-order valence-corrected chi connectivity index (χ3v) is 5.05.